The van der Waals surface area contributed by atoms with Gasteiger partial charge in [-0.2, -0.15) is 0 Å². The highest BCUT2D eigenvalue weighted by molar-refractivity contribution is 7.83. The van der Waals surface area contributed by atoms with Crippen molar-refractivity contribution in [2.24, 2.45) is 0 Å². The van der Waals surface area contributed by atoms with Crippen LogP contribution < -0.4 is 4.74 Å². The van der Waals surface area contributed by atoms with Crippen LogP contribution in [-0.2, 0) is 28.9 Å². The Morgan fingerprint density at radius 2 is 2.03 bits per heavy atom. The standard InChI is InChI=1S/C22H20FNO4S2/c1-2-18(22(25)26)24-12-20-21(30(24)27)11-19(29-20)16-9-8-15(10-17(16)23)28-13-14-6-4-3-5-7-14/h3-11,18H,2,12-13H2,1H3,(H,25,26). The quantitative estimate of drug-likeness (QED) is 0.565. The number of benzene rings is 2. The second kappa shape index (κ2) is 8.67. The molecular formula is C22H20FNO4S2. The van der Waals surface area contributed by atoms with Gasteiger partial charge >= 0.3 is 5.97 Å². The van der Waals surface area contributed by atoms with Crippen LogP contribution in [-0.4, -0.2) is 25.6 Å². The first-order valence-corrected chi connectivity index (χ1v) is 11.4. The zero-order valence-corrected chi connectivity index (χ0v) is 17.8. The highest BCUT2D eigenvalue weighted by atomic mass is 32.2. The molecule has 2 aromatic carbocycles. The van der Waals surface area contributed by atoms with Gasteiger partial charge in [0.05, 0.1) is 4.90 Å². The van der Waals surface area contributed by atoms with Gasteiger partial charge in [0.15, 0.2) is 0 Å². The van der Waals surface area contributed by atoms with Crippen molar-refractivity contribution in [2.45, 2.75) is 37.4 Å². The number of carboxylic acids is 1. The van der Waals surface area contributed by atoms with E-state index in [-0.39, 0.29) is 6.54 Å². The SMILES string of the molecule is CCC(C(=O)O)N1Cc2sc(-c3ccc(OCc4ccccc4)cc3F)cc2S1=O. The molecule has 0 fully saturated rings. The molecule has 2 unspecified atom stereocenters. The van der Waals surface area contributed by atoms with E-state index in [9.17, 15) is 18.5 Å². The lowest BCUT2D eigenvalue weighted by Gasteiger charge is -2.20. The Labute approximate surface area is 180 Å². The van der Waals surface area contributed by atoms with Gasteiger partial charge in [0.1, 0.15) is 35.2 Å². The molecule has 0 amide bonds. The van der Waals surface area contributed by atoms with Crippen LogP contribution in [0.25, 0.3) is 10.4 Å². The van der Waals surface area contributed by atoms with E-state index < -0.39 is 28.8 Å². The Bertz CT molecular complexity index is 1100. The van der Waals surface area contributed by atoms with Crippen molar-refractivity contribution in [1.29, 1.82) is 0 Å². The lowest BCUT2D eigenvalue weighted by molar-refractivity contribution is -0.141. The molecule has 5 nitrogen and oxygen atoms in total. The first-order valence-electron chi connectivity index (χ1n) is 9.48. The van der Waals surface area contributed by atoms with Crippen molar-refractivity contribution in [2.75, 3.05) is 0 Å². The molecule has 0 aliphatic carbocycles. The number of carbonyl (C=O) groups is 1. The minimum absolute atomic E-state index is 0.289. The van der Waals surface area contributed by atoms with E-state index in [4.69, 9.17) is 4.74 Å². The zero-order valence-electron chi connectivity index (χ0n) is 16.2. The predicted molar refractivity (Wildman–Crippen MR) is 114 cm³/mol. The number of ether oxygens (including phenoxy) is 1. The van der Waals surface area contributed by atoms with E-state index >= 15 is 0 Å². The number of thiophene rings is 1. The molecule has 0 spiro atoms. The minimum atomic E-state index is -1.56. The molecule has 8 heteroatoms. The maximum Gasteiger partial charge on any atom is 0.321 e. The fraction of sp³-hybridized carbons (Fsp3) is 0.227. The predicted octanol–water partition coefficient (Wildman–Crippen LogP) is 4.83. The van der Waals surface area contributed by atoms with Gasteiger partial charge in [0, 0.05) is 27.9 Å². The van der Waals surface area contributed by atoms with Crippen molar-refractivity contribution in [3.63, 3.8) is 0 Å². The normalized spacial score (nSPS) is 16.9. The number of aliphatic carboxylic acids is 1. The lowest BCUT2D eigenvalue weighted by atomic mass is 10.1. The molecule has 2 heterocycles. The molecule has 156 valence electrons. The summed E-state index contributed by atoms with van der Waals surface area (Å²) in [6.07, 6.45) is 0.363. The third kappa shape index (κ3) is 4.03. The summed E-state index contributed by atoms with van der Waals surface area (Å²) >= 11 is 1.34. The van der Waals surface area contributed by atoms with E-state index in [2.05, 4.69) is 0 Å². The first kappa shape index (κ1) is 20.7. The molecule has 0 radical (unpaired) electrons. The van der Waals surface area contributed by atoms with Crippen LogP contribution in [0.3, 0.4) is 0 Å². The summed E-state index contributed by atoms with van der Waals surface area (Å²) in [5.41, 5.74) is 1.41. The Kier molecular flexibility index (Phi) is 5.99. The van der Waals surface area contributed by atoms with Crippen LogP contribution in [0.2, 0.25) is 0 Å². The Hall–Kier alpha value is -2.55. The van der Waals surface area contributed by atoms with Crippen LogP contribution in [0, 0.1) is 5.82 Å². The van der Waals surface area contributed by atoms with Gasteiger partial charge in [0.25, 0.3) is 0 Å². The van der Waals surface area contributed by atoms with Crippen molar-refractivity contribution in [1.82, 2.24) is 4.31 Å². The highest BCUT2D eigenvalue weighted by Gasteiger charge is 2.37. The largest absolute Gasteiger partial charge is 0.489 e. The van der Waals surface area contributed by atoms with Crippen LogP contribution in [0.5, 0.6) is 5.75 Å². The second-order valence-electron chi connectivity index (χ2n) is 6.90. The summed E-state index contributed by atoms with van der Waals surface area (Å²) in [5.74, 6) is -0.968. The van der Waals surface area contributed by atoms with Crippen molar-refractivity contribution in [3.05, 3.63) is 70.9 Å². The monoisotopic (exact) mass is 445 g/mol. The number of fused-ring (bicyclic) bond motifs is 1. The van der Waals surface area contributed by atoms with Crippen LogP contribution in [0.1, 0.15) is 23.8 Å². The summed E-state index contributed by atoms with van der Waals surface area (Å²) in [7, 11) is -1.56. The number of nitrogens with zero attached hydrogens (tertiary/aromatic N) is 1. The Morgan fingerprint density at radius 1 is 1.27 bits per heavy atom. The number of carboxylic acid groups (broad SMARTS) is 1. The molecule has 0 saturated carbocycles. The number of rotatable bonds is 7. The molecule has 30 heavy (non-hydrogen) atoms. The summed E-state index contributed by atoms with van der Waals surface area (Å²) < 4.78 is 34.7. The molecule has 2 atom stereocenters. The van der Waals surface area contributed by atoms with Crippen LogP contribution >= 0.6 is 11.3 Å². The molecule has 1 aliphatic heterocycles. The Morgan fingerprint density at radius 3 is 2.67 bits per heavy atom. The Balaban J connectivity index is 1.51. The third-order valence-corrected chi connectivity index (χ3v) is 7.78. The van der Waals surface area contributed by atoms with Gasteiger partial charge in [-0.05, 0) is 30.2 Å². The summed E-state index contributed by atoms with van der Waals surface area (Å²) in [5, 5.41) is 9.35. The maximum absolute atomic E-state index is 14.7. The molecule has 1 N–H and O–H groups in total. The van der Waals surface area contributed by atoms with Crippen LogP contribution in [0.15, 0.2) is 59.5 Å². The molecule has 3 aromatic rings. The summed E-state index contributed by atoms with van der Waals surface area (Å²) in [6, 6.07) is 15.3. The molecule has 1 aliphatic rings. The number of halogens is 1. The van der Waals surface area contributed by atoms with Crippen molar-refractivity contribution in [3.8, 4) is 16.2 Å². The average Bonchev–Trinajstić information content (AvgIpc) is 3.27. The van der Waals surface area contributed by atoms with E-state index in [1.165, 1.54) is 21.7 Å². The molecule has 1 aromatic heterocycles. The van der Waals surface area contributed by atoms with Gasteiger partial charge in [-0.1, -0.05) is 37.3 Å². The topological polar surface area (TPSA) is 66.8 Å². The number of hydrogen-bond acceptors (Lipinski definition) is 4. The smallest absolute Gasteiger partial charge is 0.321 e. The molecular weight excluding hydrogens is 425 g/mol. The zero-order chi connectivity index (χ0) is 21.3. The molecule has 4 rings (SSSR count). The van der Waals surface area contributed by atoms with E-state index in [1.54, 1.807) is 25.1 Å². The van der Waals surface area contributed by atoms with E-state index in [1.807, 2.05) is 30.3 Å². The van der Waals surface area contributed by atoms with E-state index in [0.717, 1.165) is 10.4 Å². The summed E-state index contributed by atoms with van der Waals surface area (Å²) in [4.78, 5) is 13.5. The molecule has 0 bridgehead atoms. The van der Waals surface area contributed by atoms with Crippen LogP contribution in [0.4, 0.5) is 4.39 Å². The van der Waals surface area contributed by atoms with E-state index in [0.29, 0.717) is 34.1 Å². The first-order chi connectivity index (χ1) is 14.5. The lowest BCUT2D eigenvalue weighted by Crippen LogP contribution is -2.38. The third-order valence-electron chi connectivity index (χ3n) is 4.94. The van der Waals surface area contributed by atoms with Crippen molar-refractivity contribution < 1.29 is 23.2 Å². The average molecular weight is 446 g/mol. The van der Waals surface area contributed by atoms with Gasteiger partial charge in [-0.25, -0.2) is 12.9 Å². The summed E-state index contributed by atoms with van der Waals surface area (Å²) in [6.45, 7) is 2.39. The fourth-order valence-corrected chi connectivity index (χ4v) is 6.41. The van der Waals surface area contributed by atoms with Gasteiger partial charge < -0.3 is 9.84 Å². The van der Waals surface area contributed by atoms with Gasteiger partial charge in [0.2, 0.25) is 0 Å². The number of hydrogen-bond donors (Lipinski definition) is 1. The van der Waals surface area contributed by atoms with Gasteiger partial charge in [-0.15, -0.1) is 11.3 Å². The molecule has 0 saturated heterocycles. The minimum Gasteiger partial charge on any atom is -0.489 e. The highest BCUT2D eigenvalue weighted by Crippen LogP contribution is 2.41. The van der Waals surface area contributed by atoms with Gasteiger partial charge in [-0.3, -0.25) is 4.79 Å². The maximum atomic E-state index is 14.7. The fourth-order valence-electron chi connectivity index (χ4n) is 3.38. The second-order valence-corrected chi connectivity index (χ2v) is 9.44. The van der Waals surface area contributed by atoms with Crippen molar-refractivity contribution >= 4 is 28.3 Å².